The number of halogens is 6. The van der Waals surface area contributed by atoms with Gasteiger partial charge in [-0.25, -0.2) is 0 Å². The summed E-state index contributed by atoms with van der Waals surface area (Å²) in [6.45, 7) is 0. The van der Waals surface area contributed by atoms with Crippen LogP contribution in [0.4, 0.5) is 26.3 Å². The maximum atomic E-state index is 12.2. The molecule has 1 rings (SSSR count). The molecule has 1 heterocycles. The van der Waals surface area contributed by atoms with Gasteiger partial charge in [0.1, 0.15) is 5.56 Å². The summed E-state index contributed by atoms with van der Waals surface area (Å²) in [7, 11) is 0. The number of pyridine rings is 1. The van der Waals surface area contributed by atoms with Gasteiger partial charge in [0.2, 0.25) is 5.88 Å². The lowest BCUT2D eigenvalue weighted by atomic mass is 10.2. The van der Waals surface area contributed by atoms with E-state index in [1.54, 1.807) is 0 Å². The Labute approximate surface area is 94.2 Å². The van der Waals surface area contributed by atoms with E-state index in [9.17, 15) is 35.9 Å². The third-order valence-electron chi connectivity index (χ3n) is 1.68. The van der Waals surface area contributed by atoms with E-state index in [1.807, 2.05) is 0 Å². The van der Waals surface area contributed by atoms with Crippen LogP contribution in [-0.2, 0) is 6.18 Å². The normalized spacial score (nSPS) is 12.3. The van der Waals surface area contributed by atoms with Crippen LogP contribution in [0.1, 0.15) is 15.9 Å². The van der Waals surface area contributed by atoms with Crippen molar-refractivity contribution >= 4 is 6.29 Å². The second-order valence-electron chi connectivity index (χ2n) is 2.96. The van der Waals surface area contributed by atoms with Crippen molar-refractivity contribution in [1.29, 1.82) is 0 Å². The van der Waals surface area contributed by atoms with Gasteiger partial charge in [-0.15, -0.1) is 13.2 Å². The highest BCUT2D eigenvalue weighted by molar-refractivity contribution is 5.78. The average Bonchev–Trinajstić information content (AvgIpc) is 2.13. The molecular formula is C8H3F6NO3. The minimum atomic E-state index is -5.25. The topological polar surface area (TPSA) is 59.2 Å². The van der Waals surface area contributed by atoms with Crippen molar-refractivity contribution in [2.75, 3.05) is 0 Å². The molecule has 0 saturated carbocycles. The molecule has 10 heteroatoms. The molecule has 0 aliphatic rings. The highest BCUT2D eigenvalue weighted by Crippen LogP contribution is 2.29. The van der Waals surface area contributed by atoms with E-state index in [0.717, 1.165) is 0 Å². The van der Waals surface area contributed by atoms with Crippen molar-refractivity contribution in [3.05, 3.63) is 27.5 Å². The molecule has 0 aliphatic carbocycles. The van der Waals surface area contributed by atoms with Crippen LogP contribution in [0.15, 0.2) is 10.9 Å². The maximum Gasteiger partial charge on any atom is 0.574 e. The average molecular weight is 275 g/mol. The first-order valence-electron chi connectivity index (χ1n) is 4.10. The molecule has 0 aromatic carbocycles. The lowest BCUT2D eigenvalue weighted by molar-refractivity contribution is -0.276. The van der Waals surface area contributed by atoms with E-state index in [-0.39, 0.29) is 12.4 Å². The van der Waals surface area contributed by atoms with Crippen LogP contribution in [0, 0.1) is 0 Å². The molecule has 0 radical (unpaired) electrons. The molecule has 0 atom stereocenters. The molecule has 4 nitrogen and oxygen atoms in total. The number of ether oxygens (including phenoxy) is 1. The van der Waals surface area contributed by atoms with Gasteiger partial charge < -0.3 is 4.74 Å². The maximum absolute atomic E-state index is 12.2. The van der Waals surface area contributed by atoms with Crippen LogP contribution in [0.5, 0.6) is 5.88 Å². The summed E-state index contributed by atoms with van der Waals surface area (Å²) < 4.78 is 75.4. The Balaban J connectivity index is 3.37. The molecule has 0 amide bonds. The molecular weight excluding hydrogens is 272 g/mol. The highest BCUT2D eigenvalue weighted by atomic mass is 19.4. The molecule has 0 saturated heterocycles. The molecule has 100 valence electrons. The number of rotatable bonds is 2. The quantitative estimate of drug-likeness (QED) is 0.664. The Bertz CT molecular complexity index is 515. The van der Waals surface area contributed by atoms with Crippen LogP contribution in [0.2, 0.25) is 0 Å². The van der Waals surface area contributed by atoms with Crippen molar-refractivity contribution < 1.29 is 35.9 Å². The number of aromatic amines is 1. The lowest BCUT2D eigenvalue weighted by Crippen LogP contribution is -2.26. The summed E-state index contributed by atoms with van der Waals surface area (Å²) >= 11 is 0. The number of carbonyl (C=O) groups is 1. The third-order valence-corrected chi connectivity index (χ3v) is 1.68. The first-order chi connectivity index (χ1) is 8.04. The Morgan fingerprint density at radius 1 is 1.17 bits per heavy atom. The number of aromatic nitrogens is 1. The van der Waals surface area contributed by atoms with E-state index in [0.29, 0.717) is 0 Å². The number of alkyl halides is 6. The van der Waals surface area contributed by atoms with Gasteiger partial charge in [-0.3, -0.25) is 14.6 Å². The number of nitrogens with one attached hydrogen (secondary N) is 1. The minimum Gasteiger partial charge on any atom is -0.389 e. The number of aldehydes is 1. The standard InChI is InChI=1S/C8H3F6NO3/c9-7(10,11)4-1-3(2-16)6(15-5(4)17)18-8(12,13)14/h1-2H,(H,15,17). The van der Waals surface area contributed by atoms with Crippen LogP contribution in [0.25, 0.3) is 0 Å². The second kappa shape index (κ2) is 4.35. The van der Waals surface area contributed by atoms with Gasteiger partial charge in [-0.05, 0) is 6.07 Å². The molecule has 0 aliphatic heterocycles. The number of hydrogen-bond donors (Lipinski definition) is 1. The molecule has 0 fully saturated rings. The van der Waals surface area contributed by atoms with Gasteiger partial charge in [0.05, 0.1) is 5.56 Å². The number of carbonyl (C=O) groups excluding carboxylic acids is 1. The van der Waals surface area contributed by atoms with Gasteiger partial charge in [-0.1, -0.05) is 0 Å². The van der Waals surface area contributed by atoms with Crippen molar-refractivity contribution in [2.24, 2.45) is 0 Å². The predicted molar refractivity (Wildman–Crippen MR) is 44.1 cm³/mol. The van der Waals surface area contributed by atoms with E-state index in [1.165, 1.54) is 4.98 Å². The van der Waals surface area contributed by atoms with Crippen molar-refractivity contribution in [3.8, 4) is 5.88 Å². The summed E-state index contributed by atoms with van der Waals surface area (Å²) in [5, 5.41) is 0. The fourth-order valence-electron chi connectivity index (χ4n) is 1.03. The SMILES string of the molecule is O=Cc1cc(C(F)(F)F)c(=O)[nH]c1OC(F)(F)F. The third kappa shape index (κ3) is 3.25. The van der Waals surface area contributed by atoms with Gasteiger partial charge in [0.15, 0.2) is 6.29 Å². The lowest BCUT2D eigenvalue weighted by Gasteiger charge is -2.12. The summed E-state index contributed by atoms with van der Waals surface area (Å²) in [5.74, 6) is -1.39. The Morgan fingerprint density at radius 3 is 2.11 bits per heavy atom. The zero-order valence-corrected chi connectivity index (χ0v) is 8.15. The van der Waals surface area contributed by atoms with Crippen LogP contribution < -0.4 is 10.3 Å². The van der Waals surface area contributed by atoms with E-state index >= 15 is 0 Å². The Morgan fingerprint density at radius 2 is 1.72 bits per heavy atom. The molecule has 1 aromatic rings. The molecule has 1 aromatic heterocycles. The van der Waals surface area contributed by atoms with Crippen molar-refractivity contribution in [2.45, 2.75) is 12.5 Å². The summed E-state index contributed by atoms with van der Waals surface area (Å²) in [6, 6.07) is -0.0209. The van der Waals surface area contributed by atoms with Crippen molar-refractivity contribution in [1.82, 2.24) is 4.98 Å². The first-order valence-corrected chi connectivity index (χ1v) is 4.10. The van der Waals surface area contributed by atoms with Gasteiger partial charge in [-0.2, -0.15) is 13.2 Å². The Kier molecular flexibility index (Phi) is 3.40. The largest absolute Gasteiger partial charge is 0.574 e. The number of hydrogen-bond acceptors (Lipinski definition) is 3. The summed E-state index contributed by atoms with van der Waals surface area (Å²) in [5.41, 5.74) is -4.70. The molecule has 18 heavy (non-hydrogen) atoms. The Hall–Kier alpha value is -2.00. The van der Waals surface area contributed by atoms with E-state index in [4.69, 9.17) is 0 Å². The predicted octanol–water partition coefficient (Wildman–Crippen LogP) is 2.10. The smallest absolute Gasteiger partial charge is 0.389 e. The molecule has 0 bridgehead atoms. The fourth-order valence-corrected chi connectivity index (χ4v) is 1.03. The molecule has 0 unspecified atom stereocenters. The van der Waals surface area contributed by atoms with Gasteiger partial charge in [0, 0.05) is 0 Å². The summed E-state index contributed by atoms with van der Waals surface area (Å²) in [6.07, 6.45) is -10.6. The van der Waals surface area contributed by atoms with E-state index < -0.39 is 35.1 Å². The van der Waals surface area contributed by atoms with Crippen LogP contribution in [-0.4, -0.2) is 17.6 Å². The number of H-pyrrole nitrogens is 1. The first kappa shape index (κ1) is 14.1. The molecule has 0 spiro atoms. The zero-order chi connectivity index (χ0) is 14.1. The highest BCUT2D eigenvalue weighted by Gasteiger charge is 2.37. The van der Waals surface area contributed by atoms with Gasteiger partial charge in [0.25, 0.3) is 5.56 Å². The minimum absolute atomic E-state index is 0.0209. The molecule has 1 N–H and O–H groups in total. The summed E-state index contributed by atoms with van der Waals surface area (Å²) in [4.78, 5) is 22.5. The monoisotopic (exact) mass is 275 g/mol. The van der Waals surface area contributed by atoms with Gasteiger partial charge >= 0.3 is 12.5 Å². The van der Waals surface area contributed by atoms with E-state index in [2.05, 4.69) is 4.74 Å². The zero-order valence-electron chi connectivity index (χ0n) is 8.15. The second-order valence-corrected chi connectivity index (χ2v) is 2.96. The van der Waals surface area contributed by atoms with Crippen LogP contribution >= 0.6 is 0 Å². The van der Waals surface area contributed by atoms with Crippen molar-refractivity contribution in [3.63, 3.8) is 0 Å². The van der Waals surface area contributed by atoms with Crippen LogP contribution in [0.3, 0.4) is 0 Å². The fraction of sp³-hybridized carbons (Fsp3) is 0.250.